The zero-order valence-electron chi connectivity index (χ0n) is 18.6. The Morgan fingerprint density at radius 1 is 1.25 bits per heavy atom. The van der Waals surface area contributed by atoms with Gasteiger partial charge in [0.15, 0.2) is 28.9 Å². The molecule has 4 heterocycles. The van der Waals surface area contributed by atoms with E-state index in [2.05, 4.69) is 9.97 Å². The Morgan fingerprint density at radius 3 is 2.53 bits per heavy atom. The number of carbonyl (C=O) groups is 1. The highest BCUT2D eigenvalue weighted by Gasteiger charge is 2.38. The van der Waals surface area contributed by atoms with Crippen LogP contribution in [-0.4, -0.2) is 63.4 Å². The van der Waals surface area contributed by atoms with Crippen LogP contribution < -0.4 is 15.6 Å². The highest BCUT2D eigenvalue weighted by Crippen LogP contribution is 2.27. The number of halogens is 6. The molecule has 1 aliphatic heterocycles. The summed E-state index contributed by atoms with van der Waals surface area (Å²) in [5.41, 5.74) is -5.04. The van der Waals surface area contributed by atoms with Crippen LogP contribution in [0.5, 0.6) is 0 Å². The Bertz CT molecular complexity index is 1400. The van der Waals surface area contributed by atoms with Crippen LogP contribution in [0.4, 0.5) is 32.2 Å². The lowest BCUT2D eigenvalue weighted by molar-refractivity contribution is 0.0238. The Morgan fingerprint density at radius 2 is 1.94 bits per heavy atom. The third-order valence-corrected chi connectivity index (χ3v) is 5.80. The number of aliphatic hydroxyl groups excluding tert-OH is 1. The fraction of sp³-hybridized carbons (Fsp3) is 0.364. The van der Waals surface area contributed by atoms with Crippen LogP contribution in [0.1, 0.15) is 23.7 Å². The van der Waals surface area contributed by atoms with Crippen LogP contribution in [0.2, 0.25) is 0 Å². The van der Waals surface area contributed by atoms with E-state index in [0.29, 0.717) is 25.6 Å². The maximum atomic E-state index is 15.0. The van der Waals surface area contributed by atoms with Crippen molar-refractivity contribution in [3.8, 4) is 5.82 Å². The highest BCUT2D eigenvalue weighted by atomic mass is 19.3. The molecule has 0 bridgehead atoms. The third-order valence-electron chi connectivity index (χ3n) is 5.80. The first-order valence-electron chi connectivity index (χ1n) is 10.6. The second-order valence-electron chi connectivity index (χ2n) is 8.56. The molecule has 1 fully saturated rings. The average Bonchev–Trinajstić information content (AvgIpc) is 3.25. The summed E-state index contributed by atoms with van der Waals surface area (Å²) < 4.78 is 83.8. The number of hydrogen-bond donors (Lipinski definition) is 2. The molecule has 1 unspecified atom stereocenters. The molecule has 8 nitrogen and oxygen atoms in total. The Kier molecular flexibility index (Phi) is 6.64. The van der Waals surface area contributed by atoms with E-state index in [9.17, 15) is 41.0 Å². The Balaban J connectivity index is 1.97. The van der Waals surface area contributed by atoms with Crippen LogP contribution in [0.25, 0.3) is 16.9 Å². The molecule has 14 heteroatoms. The van der Waals surface area contributed by atoms with Gasteiger partial charge in [-0.05, 0) is 19.4 Å². The summed E-state index contributed by atoms with van der Waals surface area (Å²) in [5, 5.41) is 11.0. The van der Waals surface area contributed by atoms with Gasteiger partial charge in [-0.25, -0.2) is 36.3 Å². The van der Waals surface area contributed by atoms with Crippen LogP contribution >= 0.6 is 0 Å². The number of pyridine rings is 3. The summed E-state index contributed by atoms with van der Waals surface area (Å²) in [7, 11) is 0. The number of nitrogens with one attached hydrogen (secondary N) is 1. The molecule has 0 aliphatic carbocycles. The zero-order valence-corrected chi connectivity index (χ0v) is 18.6. The molecule has 0 saturated carbocycles. The van der Waals surface area contributed by atoms with Gasteiger partial charge in [-0.2, -0.15) is 0 Å². The predicted octanol–water partition coefficient (Wildman–Crippen LogP) is 2.49. The molecule has 1 amide bonds. The fourth-order valence-corrected chi connectivity index (χ4v) is 3.75. The van der Waals surface area contributed by atoms with Crippen molar-refractivity contribution in [1.82, 2.24) is 19.9 Å². The van der Waals surface area contributed by atoms with Gasteiger partial charge in [0, 0.05) is 25.4 Å². The molecule has 0 aromatic carbocycles. The van der Waals surface area contributed by atoms with Crippen molar-refractivity contribution in [3.05, 3.63) is 57.8 Å². The van der Waals surface area contributed by atoms with E-state index in [1.165, 1.54) is 4.90 Å². The number of rotatable bonds is 6. The molecule has 0 spiro atoms. The lowest BCUT2D eigenvalue weighted by Gasteiger charge is -2.26. The van der Waals surface area contributed by atoms with Gasteiger partial charge in [0.1, 0.15) is 23.6 Å². The van der Waals surface area contributed by atoms with Gasteiger partial charge in [-0.15, -0.1) is 0 Å². The van der Waals surface area contributed by atoms with Crippen LogP contribution in [-0.2, 0) is 0 Å². The second-order valence-corrected chi connectivity index (χ2v) is 8.56. The molecular weight excluding hydrogens is 496 g/mol. The number of nitrogens with zero attached hydrogens (tertiary/aromatic N) is 4. The lowest BCUT2D eigenvalue weighted by Crippen LogP contribution is -2.54. The number of aromatic nitrogens is 3. The minimum absolute atomic E-state index is 0.0265. The summed E-state index contributed by atoms with van der Waals surface area (Å²) >= 11 is 0. The maximum absolute atomic E-state index is 15.0. The lowest BCUT2D eigenvalue weighted by atomic mass is 10.0. The third kappa shape index (κ3) is 4.47. The molecule has 1 saturated heterocycles. The van der Waals surface area contributed by atoms with E-state index in [0.717, 1.165) is 16.8 Å². The normalized spacial score (nSPS) is 17.6. The quantitative estimate of drug-likeness (QED) is 0.490. The number of aliphatic hydroxyl groups is 1. The Hall–Kier alpha value is -3.68. The van der Waals surface area contributed by atoms with Crippen molar-refractivity contribution < 1.29 is 36.2 Å². The minimum Gasteiger partial charge on any atom is -0.391 e. The van der Waals surface area contributed by atoms with Gasteiger partial charge >= 0.3 is 0 Å². The molecule has 192 valence electrons. The molecule has 36 heavy (non-hydrogen) atoms. The smallest absolute Gasteiger partial charge is 0.263 e. The van der Waals surface area contributed by atoms with E-state index in [-0.39, 0.29) is 24.6 Å². The standard InChI is InChI=1S/C22H19F6N5O3/c1-22(9-23,21(27)28)31-20(36)13-8-33(18-14(25)4-10(24)6-29-18)17-12(16(13)35)5-15(26)19(30-17)32-3-2-11(34)7-32/h4-6,8,11,21,34H,2-3,7,9H2,1H3,(H,31,36)/t11-,22?/m0/s1. The summed E-state index contributed by atoms with van der Waals surface area (Å²) in [4.78, 5) is 35.0. The van der Waals surface area contributed by atoms with Crippen molar-refractivity contribution in [1.29, 1.82) is 0 Å². The molecule has 0 radical (unpaired) electrons. The number of carbonyl (C=O) groups excluding carboxylic acids is 1. The van der Waals surface area contributed by atoms with Gasteiger partial charge < -0.3 is 15.3 Å². The van der Waals surface area contributed by atoms with E-state index >= 15 is 0 Å². The molecule has 4 rings (SSSR count). The number of anilines is 1. The summed E-state index contributed by atoms with van der Waals surface area (Å²) in [6.07, 6.45) is -2.42. The van der Waals surface area contributed by atoms with Gasteiger partial charge in [-0.3, -0.25) is 14.2 Å². The van der Waals surface area contributed by atoms with Gasteiger partial charge in [0.05, 0.1) is 17.7 Å². The van der Waals surface area contributed by atoms with Gasteiger partial charge in [0.2, 0.25) is 5.43 Å². The summed E-state index contributed by atoms with van der Waals surface area (Å²) in [6, 6.07) is 1.19. The topological polar surface area (TPSA) is 100 Å². The minimum atomic E-state index is -3.34. The van der Waals surface area contributed by atoms with E-state index in [1.807, 2.05) is 0 Å². The van der Waals surface area contributed by atoms with Crippen LogP contribution in [0.15, 0.2) is 29.3 Å². The first-order valence-corrected chi connectivity index (χ1v) is 10.6. The monoisotopic (exact) mass is 515 g/mol. The van der Waals surface area contributed by atoms with Gasteiger partial charge in [-0.1, -0.05) is 0 Å². The SMILES string of the molecule is CC(CF)(NC(=O)c1cn(-c2ncc(F)cc2F)c2nc(N3CC[C@H](O)C3)c(F)cc2c1=O)C(F)F. The average molecular weight is 515 g/mol. The Labute approximate surface area is 199 Å². The van der Waals surface area contributed by atoms with Crippen molar-refractivity contribution in [3.63, 3.8) is 0 Å². The first-order chi connectivity index (χ1) is 16.9. The molecule has 3 aromatic rings. The molecular formula is C22H19F6N5O3. The molecule has 1 aliphatic rings. The predicted molar refractivity (Wildman–Crippen MR) is 116 cm³/mol. The van der Waals surface area contributed by atoms with Crippen LogP contribution in [0.3, 0.4) is 0 Å². The zero-order chi connectivity index (χ0) is 26.4. The molecule has 2 N–H and O–H groups in total. The van der Waals surface area contributed by atoms with Gasteiger partial charge in [0.25, 0.3) is 12.3 Å². The molecule has 2 atom stereocenters. The van der Waals surface area contributed by atoms with Crippen molar-refractivity contribution >= 4 is 22.8 Å². The largest absolute Gasteiger partial charge is 0.391 e. The van der Waals surface area contributed by atoms with E-state index in [1.54, 1.807) is 5.32 Å². The maximum Gasteiger partial charge on any atom is 0.263 e. The fourth-order valence-electron chi connectivity index (χ4n) is 3.75. The second kappa shape index (κ2) is 9.41. The number of amides is 1. The van der Waals surface area contributed by atoms with Crippen molar-refractivity contribution in [2.24, 2.45) is 0 Å². The van der Waals surface area contributed by atoms with Crippen LogP contribution in [0, 0.1) is 17.5 Å². The highest BCUT2D eigenvalue weighted by molar-refractivity contribution is 5.97. The number of hydrogen-bond acceptors (Lipinski definition) is 6. The first kappa shape index (κ1) is 25.4. The van der Waals surface area contributed by atoms with E-state index < -0.39 is 70.3 Å². The summed E-state index contributed by atoms with van der Waals surface area (Å²) in [6.45, 7) is -0.708. The number of β-amino-alcohol motifs (C(OH)–C–C–N with tert-alkyl or cyclic N) is 1. The summed E-state index contributed by atoms with van der Waals surface area (Å²) in [5.74, 6) is -5.64. The van der Waals surface area contributed by atoms with Crippen molar-refractivity contribution in [2.75, 3.05) is 24.7 Å². The van der Waals surface area contributed by atoms with Crippen molar-refractivity contribution in [2.45, 2.75) is 31.4 Å². The van der Waals surface area contributed by atoms with E-state index in [4.69, 9.17) is 0 Å². The number of fused-ring (bicyclic) bond motifs is 1. The molecule has 3 aromatic heterocycles. The number of alkyl halides is 3.